The third-order valence-electron chi connectivity index (χ3n) is 4.00. The first-order chi connectivity index (χ1) is 10.4. The Balaban J connectivity index is 1.72. The van der Waals surface area contributed by atoms with Gasteiger partial charge in [0, 0.05) is 6.54 Å². The van der Waals surface area contributed by atoms with Crippen molar-refractivity contribution < 1.29 is 17.7 Å². The van der Waals surface area contributed by atoms with E-state index >= 15 is 0 Å². The van der Waals surface area contributed by atoms with Crippen molar-refractivity contribution >= 4 is 11.3 Å². The minimum absolute atomic E-state index is 0.0125. The van der Waals surface area contributed by atoms with Crippen LogP contribution < -0.4 is 0 Å². The van der Waals surface area contributed by atoms with E-state index in [4.69, 9.17) is 4.52 Å². The molecule has 3 rings (SSSR count). The van der Waals surface area contributed by atoms with Gasteiger partial charge >= 0.3 is 6.18 Å². The smallest absolute Gasteiger partial charge is 0.337 e. The first kappa shape index (κ1) is 15.5. The molecule has 22 heavy (non-hydrogen) atoms. The molecule has 4 nitrogen and oxygen atoms in total. The zero-order valence-corrected chi connectivity index (χ0v) is 12.8. The molecule has 0 amide bonds. The number of nitrogens with zero attached hydrogens (tertiary/aromatic N) is 3. The number of hydrogen-bond acceptors (Lipinski definition) is 5. The average Bonchev–Trinajstić information content (AvgIpc) is 3.16. The molecular weight excluding hydrogens is 315 g/mol. The predicted molar refractivity (Wildman–Crippen MR) is 76.4 cm³/mol. The summed E-state index contributed by atoms with van der Waals surface area (Å²) in [7, 11) is 0. The molecule has 120 valence electrons. The van der Waals surface area contributed by atoms with E-state index in [-0.39, 0.29) is 19.0 Å². The van der Waals surface area contributed by atoms with Gasteiger partial charge < -0.3 is 4.52 Å². The van der Waals surface area contributed by atoms with Crippen LogP contribution in [0.15, 0.2) is 22.0 Å². The summed E-state index contributed by atoms with van der Waals surface area (Å²) >= 11 is 1.49. The number of piperidine rings is 1. The first-order valence-corrected chi connectivity index (χ1v) is 8.01. The van der Waals surface area contributed by atoms with Gasteiger partial charge in [-0.15, -0.1) is 11.3 Å². The van der Waals surface area contributed by atoms with E-state index in [9.17, 15) is 13.2 Å². The van der Waals surface area contributed by atoms with Crippen LogP contribution in [0.1, 0.15) is 31.7 Å². The van der Waals surface area contributed by atoms with E-state index in [2.05, 4.69) is 10.1 Å². The molecule has 0 saturated carbocycles. The number of aromatic nitrogens is 2. The molecule has 1 aliphatic rings. The monoisotopic (exact) mass is 331 g/mol. The summed E-state index contributed by atoms with van der Waals surface area (Å²) in [6, 6.07) is 3.45. The molecule has 0 N–H and O–H groups in total. The van der Waals surface area contributed by atoms with Crippen molar-refractivity contribution in [3.63, 3.8) is 0 Å². The van der Waals surface area contributed by atoms with Gasteiger partial charge in [-0.05, 0) is 37.8 Å². The van der Waals surface area contributed by atoms with Gasteiger partial charge in [0.25, 0.3) is 0 Å². The lowest BCUT2D eigenvalue weighted by Crippen LogP contribution is -2.42. The second kappa shape index (κ2) is 6.00. The van der Waals surface area contributed by atoms with Gasteiger partial charge in [-0.2, -0.15) is 18.2 Å². The third kappa shape index (κ3) is 3.17. The van der Waals surface area contributed by atoms with Gasteiger partial charge in [-0.3, -0.25) is 4.90 Å². The molecule has 2 aromatic rings. The van der Waals surface area contributed by atoms with E-state index in [0.717, 1.165) is 4.88 Å². The van der Waals surface area contributed by atoms with Gasteiger partial charge in [-0.25, -0.2) is 0 Å². The maximum Gasteiger partial charge on any atom is 0.393 e. The Labute approximate surface area is 129 Å². The Hall–Kier alpha value is -1.41. The maximum absolute atomic E-state index is 12.9. The zero-order chi connectivity index (χ0) is 15.7. The summed E-state index contributed by atoms with van der Waals surface area (Å²) in [5, 5.41) is 5.83. The Morgan fingerprint density at radius 1 is 1.45 bits per heavy atom. The van der Waals surface area contributed by atoms with Crippen LogP contribution in [0.4, 0.5) is 13.2 Å². The van der Waals surface area contributed by atoms with Crippen LogP contribution in [-0.2, 0) is 0 Å². The zero-order valence-electron chi connectivity index (χ0n) is 12.0. The molecule has 0 aliphatic carbocycles. The van der Waals surface area contributed by atoms with Crippen molar-refractivity contribution in [2.75, 3.05) is 13.1 Å². The summed E-state index contributed by atoms with van der Waals surface area (Å²) in [5.74, 6) is -0.421. The average molecular weight is 331 g/mol. The van der Waals surface area contributed by atoms with Crippen molar-refractivity contribution in [2.24, 2.45) is 5.92 Å². The van der Waals surface area contributed by atoms with Crippen LogP contribution in [-0.4, -0.2) is 34.3 Å². The highest BCUT2D eigenvalue weighted by Gasteiger charge is 2.43. The third-order valence-corrected chi connectivity index (χ3v) is 4.87. The molecule has 2 atom stereocenters. The molecule has 8 heteroatoms. The minimum atomic E-state index is -4.14. The van der Waals surface area contributed by atoms with Gasteiger partial charge in [0.1, 0.15) is 0 Å². The topological polar surface area (TPSA) is 42.2 Å². The first-order valence-electron chi connectivity index (χ1n) is 7.13. The fourth-order valence-corrected chi connectivity index (χ4v) is 3.34. The normalized spacial score (nSPS) is 21.9. The lowest BCUT2D eigenvalue weighted by molar-refractivity contribution is -0.188. The Morgan fingerprint density at radius 3 is 2.95 bits per heavy atom. The van der Waals surface area contributed by atoms with Crippen LogP contribution in [0.2, 0.25) is 0 Å². The highest BCUT2D eigenvalue weighted by Crippen LogP contribution is 2.36. The van der Waals surface area contributed by atoms with E-state index in [0.29, 0.717) is 24.7 Å². The van der Waals surface area contributed by atoms with Crippen molar-refractivity contribution in [3.05, 3.63) is 23.4 Å². The van der Waals surface area contributed by atoms with Gasteiger partial charge in [0.15, 0.2) is 0 Å². The van der Waals surface area contributed by atoms with Crippen LogP contribution >= 0.6 is 11.3 Å². The van der Waals surface area contributed by atoms with E-state index in [1.165, 1.54) is 11.3 Å². The van der Waals surface area contributed by atoms with Crippen LogP contribution in [0, 0.1) is 5.92 Å². The van der Waals surface area contributed by atoms with Crippen molar-refractivity contribution in [3.8, 4) is 10.7 Å². The highest BCUT2D eigenvalue weighted by atomic mass is 32.1. The number of rotatable bonds is 3. The van der Waals surface area contributed by atoms with Crippen LogP contribution in [0.5, 0.6) is 0 Å². The van der Waals surface area contributed by atoms with Crippen molar-refractivity contribution in [1.82, 2.24) is 15.0 Å². The molecule has 1 aliphatic heterocycles. The predicted octanol–water partition coefficient (Wildman–Crippen LogP) is 4.13. The van der Waals surface area contributed by atoms with Crippen molar-refractivity contribution in [2.45, 2.75) is 32.0 Å². The number of likely N-dealkylation sites (tertiary alicyclic amines) is 1. The Morgan fingerprint density at radius 2 is 2.27 bits per heavy atom. The molecule has 1 fully saturated rings. The summed E-state index contributed by atoms with van der Waals surface area (Å²) in [4.78, 5) is 6.98. The molecule has 2 aromatic heterocycles. The number of halogens is 3. The highest BCUT2D eigenvalue weighted by molar-refractivity contribution is 7.13. The van der Waals surface area contributed by atoms with Gasteiger partial charge in [0.05, 0.1) is 16.8 Å². The maximum atomic E-state index is 12.9. The number of hydrogen-bond donors (Lipinski definition) is 0. The summed E-state index contributed by atoms with van der Waals surface area (Å²) in [6.07, 6.45) is -3.42. The fourth-order valence-electron chi connectivity index (χ4n) is 2.69. The SMILES string of the molecule is C[C@@H](c1nc(-c2cccs2)no1)N1CCC[C@H](C(F)(F)F)C1. The standard InChI is InChI=1S/C14H16F3N3OS/c1-9(20-6-2-4-10(8-20)14(15,16)17)13-18-12(19-21-13)11-5-3-7-22-11/h3,5,7,9-10H,2,4,6,8H2,1H3/t9-,10-/m0/s1. The Kier molecular flexibility index (Phi) is 4.22. The lowest BCUT2D eigenvalue weighted by Gasteiger charge is -2.36. The lowest BCUT2D eigenvalue weighted by atomic mass is 9.96. The van der Waals surface area contributed by atoms with Crippen LogP contribution in [0.25, 0.3) is 10.7 Å². The second-order valence-electron chi connectivity index (χ2n) is 5.49. The molecule has 0 unspecified atom stereocenters. The minimum Gasteiger partial charge on any atom is -0.337 e. The molecule has 1 saturated heterocycles. The van der Waals surface area contributed by atoms with E-state index in [1.54, 1.807) is 4.90 Å². The fraction of sp³-hybridized carbons (Fsp3) is 0.571. The van der Waals surface area contributed by atoms with Gasteiger partial charge in [0.2, 0.25) is 11.7 Å². The summed E-state index contributed by atoms with van der Waals surface area (Å²) in [5.41, 5.74) is 0. The van der Waals surface area contributed by atoms with Crippen LogP contribution in [0.3, 0.4) is 0 Å². The Bertz CT molecular complexity index is 611. The van der Waals surface area contributed by atoms with Crippen molar-refractivity contribution in [1.29, 1.82) is 0 Å². The molecule has 0 spiro atoms. The molecular formula is C14H16F3N3OS. The summed E-state index contributed by atoms with van der Waals surface area (Å²) in [6.45, 7) is 2.41. The quantitative estimate of drug-likeness (QED) is 0.848. The molecule has 3 heterocycles. The summed E-state index contributed by atoms with van der Waals surface area (Å²) < 4.78 is 43.9. The van der Waals surface area contributed by atoms with Gasteiger partial charge in [-0.1, -0.05) is 11.2 Å². The molecule has 0 bridgehead atoms. The second-order valence-corrected chi connectivity index (χ2v) is 6.43. The largest absolute Gasteiger partial charge is 0.393 e. The van der Waals surface area contributed by atoms with E-state index in [1.807, 2.05) is 24.4 Å². The molecule has 0 aromatic carbocycles. The molecule has 0 radical (unpaired) electrons. The van der Waals surface area contributed by atoms with E-state index < -0.39 is 12.1 Å². The number of thiophene rings is 1. The number of alkyl halides is 3.